The van der Waals surface area contributed by atoms with Crippen LogP contribution in [0.2, 0.25) is 0 Å². The van der Waals surface area contributed by atoms with Crippen molar-refractivity contribution in [1.29, 1.82) is 0 Å². The zero-order chi connectivity index (χ0) is 54.6. The number of hydrogen-bond donors (Lipinski definition) is 0. The number of hydrogen-bond acceptors (Lipinski definition) is 6. The third-order valence-electron chi connectivity index (χ3n) is 15.6. The fourth-order valence-corrected chi connectivity index (χ4v) is 13.6. The molecule has 0 aliphatic carbocycles. The Hall–Kier alpha value is -4.83. The van der Waals surface area contributed by atoms with Crippen LogP contribution >= 0.6 is 16.8 Å². The van der Waals surface area contributed by atoms with Gasteiger partial charge in [-0.2, -0.15) is 0 Å². The maximum absolute atomic E-state index is 7.76. The second kappa shape index (κ2) is 30.7. The second-order valence-electron chi connectivity index (χ2n) is 22.0. The first kappa shape index (κ1) is 59.3. The average molecular weight is 1090 g/mol. The molecule has 6 nitrogen and oxygen atoms in total. The van der Waals surface area contributed by atoms with E-state index in [-0.39, 0.29) is 12.2 Å². The largest absolute Gasteiger partial charge is 0.453 e. The van der Waals surface area contributed by atoms with Gasteiger partial charge in [-0.25, -0.2) is 0 Å². The van der Waals surface area contributed by atoms with Crippen LogP contribution in [0.25, 0.3) is 33.1 Å². The van der Waals surface area contributed by atoms with Crippen molar-refractivity contribution >= 4 is 38.8 Å². The molecule has 0 saturated carbocycles. The highest BCUT2D eigenvalue weighted by atomic mass is 31.2. The number of unbranched alkanes of at least 4 members (excludes halogenated alkanes) is 8. The van der Waals surface area contributed by atoms with Crippen molar-refractivity contribution in [1.82, 2.24) is 0 Å². The first-order valence-electron chi connectivity index (χ1n) is 30.7. The first-order chi connectivity index (χ1) is 38.3. The van der Waals surface area contributed by atoms with E-state index in [0.29, 0.717) is 0 Å². The third kappa shape index (κ3) is 15.3. The highest BCUT2D eigenvalue weighted by Gasteiger charge is 2.42. The Bertz CT molecular complexity index is 2870. The van der Waals surface area contributed by atoms with Crippen molar-refractivity contribution in [3.05, 3.63) is 165 Å². The molecule has 2 heterocycles. The Morgan fingerprint density at radius 3 is 1.05 bits per heavy atom. The number of benzene rings is 6. The molecule has 0 amide bonds. The van der Waals surface area contributed by atoms with E-state index in [9.17, 15) is 0 Å². The lowest BCUT2D eigenvalue weighted by Crippen LogP contribution is -2.06. The van der Waals surface area contributed by atoms with Gasteiger partial charge in [0.05, 0.1) is 0 Å². The molecular weight excluding hydrogens is 999 g/mol. The van der Waals surface area contributed by atoms with Gasteiger partial charge in [0.1, 0.15) is 34.9 Å². The molecular formula is C70H92O6P2. The van der Waals surface area contributed by atoms with Crippen molar-refractivity contribution < 1.29 is 26.5 Å². The predicted octanol–water partition coefficient (Wildman–Crippen LogP) is 22.7. The quantitative estimate of drug-likeness (QED) is 0.0404. The molecule has 7 aromatic rings. The van der Waals surface area contributed by atoms with Crippen molar-refractivity contribution in [3.63, 3.8) is 0 Å². The lowest BCUT2D eigenvalue weighted by atomic mass is 9.90. The van der Waals surface area contributed by atoms with Gasteiger partial charge in [0, 0.05) is 21.9 Å². The van der Waals surface area contributed by atoms with E-state index in [1.807, 2.05) is 0 Å². The summed E-state index contributed by atoms with van der Waals surface area (Å²) < 4.78 is 44.3. The second-order valence-corrected chi connectivity index (χ2v) is 24.1. The molecule has 0 radical (unpaired) electrons. The van der Waals surface area contributed by atoms with Crippen LogP contribution in [0.3, 0.4) is 0 Å². The van der Waals surface area contributed by atoms with Crippen LogP contribution in [-0.2, 0) is 60.4 Å². The highest BCUT2D eigenvalue weighted by molar-refractivity contribution is 7.42. The molecule has 8 rings (SSSR count). The molecule has 1 fully saturated rings. The van der Waals surface area contributed by atoms with Crippen LogP contribution in [-0.4, -0.2) is 0 Å². The van der Waals surface area contributed by atoms with E-state index in [4.69, 9.17) is 26.5 Å². The van der Waals surface area contributed by atoms with Crippen LogP contribution < -0.4 is 9.05 Å². The molecule has 0 bridgehead atoms. The molecule has 3 atom stereocenters. The Labute approximate surface area is 472 Å². The lowest BCUT2D eigenvalue weighted by Gasteiger charge is -2.23. The van der Waals surface area contributed by atoms with E-state index in [2.05, 4.69) is 165 Å². The Kier molecular flexibility index (Phi) is 23.3. The normalized spacial score (nSPS) is 15.4. The Morgan fingerprint density at radius 2 is 0.679 bits per heavy atom. The van der Waals surface area contributed by atoms with E-state index in [1.165, 1.54) is 44.5 Å². The smallest absolute Gasteiger partial charge is 0.426 e. The van der Waals surface area contributed by atoms with Gasteiger partial charge in [-0.15, -0.1) is 0 Å². The van der Waals surface area contributed by atoms with E-state index in [0.717, 1.165) is 210 Å². The third-order valence-corrected chi connectivity index (χ3v) is 17.7. The van der Waals surface area contributed by atoms with E-state index >= 15 is 0 Å². The number of rotatable bonds is 31. The SMILES string of the molecule is CCCCc1cc(CCCC)c(OP2O[C@H](c3ccccc3)[C@H](c3ccccc3)O2)c(-c2cc(CCCC)cc(CCCC)c2Op2oc3c(CCCC)cc(CCCC)cc3c3cc(CCCC)cc(CCCC)c3o2)c1. The molecule has 0 spiro atoms. The number of aryl methyl sites for hydroxylation is 8. The first-order valence-corrected chi connectivity index (χ1v) is 32.9. The summed E-state index contributed by atoms with van der Waals surface area (Å²) in [6.07, 6.45) is 24.5. The topological polar surface area (TPSA) is 63.2 Å². The molecule has 1 aliphatic heterocycles. The van der Waals surface area contributed by atoms with E-state index < -0.39 is 16.8 Å². The molecule has 8 heteroatoms. The summed E-state index contributed by atoms with van der Waals surface area (Å²) in [5, 5.41) is 2.30. The molecule has 0 N–H and O–H groups in total. The van der Waals surface area contributed by atoms with Gasteiger partial charge < -0.3 is 17.4 Å². The average Bonchev–Trinajstić information content (AvgIpc) is 4.02. The van der Waals surface area contributed by atoms with Gasteiger partial charge in [-0.05, 0) is 183 Å². The summed E-state index contributed by atoms with van der Waals surface area (Å²) in [7, 11) is -3.86. The minimum absolute atomic E-state index is 0.337. The maximum atomic E-state index is 7.76. The summed E-state index contributed by atoms with van der Waals surface area (Å²) >= 11 is 0. The predicted molar refractivity (Wildman–Crippen MR) is 331 cm³/mol. The van der Waals surface area contributed by atoms with Gasteiger partial charge in [0.15, 0.2) is 0 Å². The fraction of sp³-hybridized carbons (Fsp3) is 0.486. The Morgan fingerprint density at radius 1 is 0.359 bits per heavy atom. The fourth-order valence-electron chi connectivity index (χ4n) is 11.0. The van der Waals surface area contributed by atoms with Gasteiger partial charge in [-0.3, -0.25) is 9.05 Å². The van der Waals surface area contributed by atoms with Crippen molar-refractivity contribution in [2.75, 3.05) is 0 Å². The minimum atomic E-state index is -2.02. The summed E-state index contributed by atoms with van der Waals surface area (Å²) in [4.78, 5) is 0. The van der Waals surface area contributed by atoms with Crippen molar-refractivity contribution in [2.24, 2.45) is 0 Å². The molecule has 78 heavy (non-hydrogen) atoms. The lowest BCUT2D eigenvalue weighted by molar-refractivity contribution is 0.159. The van der Waals surface area contributed by atoms with Crippen LogP contribution in [0.4, 0.5) is 0 Å². The number of fused-ring (bicyclic) bond motifs is 3. The van der Waals surface area contributed by atoms with Crippen LogP contribution in [0.1, 0.15) is 226 Å². The van der Waals surface area contributed by atoms with Crippen molar-refractivity contribution in [2.45, 2.75) is 222 Å². The highest BCUT2D eigenvalue weighted by Crippen LogP contribution is 2.62. The van der Waals surface area contributed by atoms with Gasteiger partial charge in [-0.1, -0.05) is 192 Å². The van der Waals surface area contributed by atoms with E-state index in [1.54, 1.807) is 0 Å². The standard InChI is InChI=1S/C70H92O6P2/c1-9-17-31-51-43-57(35-21-13-5)65-61(47-51)62-48-52(32-18-10-2)44-58(36-22-14-6)66(62)72-77(71-65)73-67-59(37-23-15-7)45-53(33-19-11-3)49-63(67)64-50-54(34-20-12-4)46-60(38-24-16-8)68(64)74-78-75-69(55-39-27-25-28-40-55)70(76-78)56-41-29-26-30-42-56/h25-30,39-50,69-70H,9-24,31-38H2,1-8H3/t69-,70+,78?. The molecule has 1 aliphatic rings. The molecule has 1 unspecified atom stereocenters. The summed E-state index contributed by atoms with van der Waals surface area (Å²) in [6, 6.07) is 40.4. The molecule has 418 valence electrons. The summed E-state index contributed by atoms with van der Waals surface area (Å²) in [5.41, 5.74) is 16.3. The van der Waals surface area contributed by atoms with Crippen LogP contribution in [0, 0.1) is 0 Å². The maximum Gasteiger partial charge on any atom is 0.453 e. The summed E-state index contributed by atoms with van der Waals surface area (Å²) in [6.45, 7) is 18.3. The van der Waals surface area contributed by atoms with Gasteiger partial charge in [0.25, 0.3) is 0 Å². The monoisotopic (exact) mass is 1090 g/mol. The molecule has 1 saturated heterocycles. The van der Waals surface area contributed by atoms with Crippen LogP contribution in [0.5, 0.6) is 11.5 Å². The molecule has 6 aromatic carbocycles. The van der Waals surface area contributed by atoms with Crippen molar-refractivity contribution in [3.8, 4) is 22.6 Å². The zero-order valence-electron chi connectivity index (χ0n) is 48.9. The zero-order valence-corrected chi connectivity index (χ0v) is 50.7. The summed E-state index contributed by atoms with van der Waals surface area (Å²) in [5.74, 6) is 1.65. The minimum Gasteiger partial charge on any atom is -0.426 e. The Balaban J connectivity index is 1.41. The van der Waals surface area contributed by atoms with Gasteiger partial charge >= 0.3 is 16.8 Å². The van der Waals surface area contributed by atoms with Crippen LogP contribution in [0.15, 0.2) is 118 Å². The van der Waals surface area contributed by atoms with Gasteiger partial charge in [0.2, 0.25) is 0 Å². The molecule has 1 aromatic heterocycles.